The molecule has 0 aromatic heterocycles. The van der Waals surface area contributed by atoms with Crippen molar-refractivity contribution in [3.63, 3.8) is 0 Å². The molecular weight excluding hydrogens is 212 g/mol. The first kappa shape index (κ1) is 12.3. The maximum atomic E-state index is 13.4. The summed E-state index contributed by atoms with van der Waals surface area (Å²) in [5.41, 5.74) is 4.92. The van der Waals surface area contributed by atoms with Gasteiger partial charge >= 0.3 is 0 Å². The van der Waals surface area contributed by atoms with E-state index >= 15 is 0 Å². The Labute approximate surface area is 91.3 Å². The van der Waals surface area contributed by atoms with Crippen LogP contribution in [0.3, 0.4) is 0 Å². The normalized spacial score (nSPS) is 16.9. The van der Waals surface area contributed by atoms with Crippen molar-refractivity contribution in [3.05, 3.63) is 35.4 Å². The lowest BCUT2D eigenvalue weighted by atomic mass is 9.98. The van der Waals surface area contributed by atoms with Gasteiger partial charge in [0.15, 0.2) is 11.3 Å². The number of hydrogen-bond donors (Lipinski definition) is 1. The number of ketones is 1. The Morgan fingerprint density at radius 3 is 2.27 bits per heavy atom. The molecule has 1 rings (SSSR count). The summed E-state index contributed by atoms with van der Waals surface area (Å²) >= 11 is 0. The van der Waals surface area contributed by atoms with Crippen LogP contribution in [0.15, 0.2) is 24.3 Å². The molecule has 0 heterocycles. The number of carbonyl (C=O) groups is 1. The van der Waals surface area contributed by atoms with Gasteiger partial charge in [0.25, 0.3) is 0 Å². The van der Waals surface area contributed by atoms with Gasteiger partial charge in [-0.3, -0.25) is 10.5 Å². The monoisotopic (exact) mass is 227 g/mol. The van der Waals surface area contributed by atoms with Crippen molar-refractivity contribution < 1.29 is 9.18 Å². The largest absolute Gasteiger partial charge is 0.296 e. The van der Waals surface area contributed by atoms with E-state index in [4.69, 9.17) is 5.73 Å². The molecule has 0 aliphatic carbocycles. The average molecular weight is 227 g/mol. The predicted molar refractivity (Wildman–Crippen MR) is 62.6 cm³/mol. The fraction of sp³-hybridized carbons (Fsp3) is 0.364. The number of Topliss-reactive ketones (excluding diaryl/α,β-unsaturated/α-hetero) is 1. The summed E-state index contributed by atoms with van der Waals surface area (Å²) in [6.45, 7) is 3.20. The molecule has 4 heteroatoms. The zero-order valence-corrected chi connectivity index (χ0v) is 9.98. The third-order valence-electron chi connectivity index (χ3n) is 2.48. The first-order valence-corrected chi connectivity index (χ1v) is 5.27. The van der Waals surface area contributed by atoms with E-state index in [0.29, 0.717) is 5.56 Å². The maximum Gasteiger partial charge on any atom is 0.178 e. The summed E-state index contributed by atoms with van der Waals surface area (Å²) in [6.07, 6.45) is 0. The van der Waals surface area contributed by atoms with E-state index in [2.05, 4.69) is 0 Å². The van der Waals surface area contributed by atoms with Gasteiger partial charge in [-0.2, -0.15) is 0 Å². The molecule has 1 aromatic rings. The Balaban J connectivity index is 2.94. The van der Waals surface area contributed by atoms with E-state index in [-0.39, 0.29) is 5.78 Å². The molecule has 0 bridgehead atoms. The molecule has 2 N–H and O–H groups in total. The van der Waals surface area contributed by atoms with E-state index in [9.17, 15) is 9.18 Å². The minimum atomic E-state index is -1.82. The molecule has 15 heavy (non-hydrogen) atoms. The Morgan fingerprint density at radius 2 is 1.93 bits per heavy atom. The van der Waals surface area contributed by atoms with Crippen molar-refractivity contribution in [2.24, 2.45) is 5.73 Å². The van der Waals surface area contributed by atoms with Gasteiger partial charge in [0.2, 0.25) is 0 Å². The SMILES string of the molecule is CC(=O)c1ccc(C(C)C(N)(F)P)cc1. The maximum absolute atomic E-state index is 13.4. The molecule has 0 radical (unpaired) electrons. The number of nitrogens with two attached hydrogens (primary N) is 1. The summed E-state index contributed by atoms with van der Waals surface area (Å²) in [7, 11) is 1.98. The van der Waals surface area contributed by atoms with E-state index < -0.39 is 11.5 Å². The minimum absolute atomic E-state index is 0.000614. The summed E-state index contributed by atoms with van der Waals surface area (Å²) in [5, 5.41) is 0. The highest BCUT2D eigenvalue weighted by Gasteiger charge is 2.27. The van der Waals surface area contributed by atoms with Crippen LogP contribution < -0.4 is 5.73 Å². The number of alkyl halides is 1. The van der Waals surface area contributed by atoms with Crippen LogP contribution in [-0.4, -0.2) is 11.3 Å². The highest BCUT2D eigenvalue weighted by molar-refractivity contribution is 7.18. The van der Waals surface area contributed by atoms with Crippen molar-refractivity contribution in [1.82, 2.24) is 0 Å². The molecule has 3 unspecified atom stereocenters. The van der Waals surface area contributed by atoms with Gasteiger partial charge in [-0.1, -0.05) is 40.4 Å². The molecule has 0 amide bonds. The van der Waals surface area contributed by atoms with Crippen LogP contribution in [0, 0.1) is 0 Å². The van der Waals surface area contributed by atoms with E-state index in [1.807, 2.05) is 9.24 Å². The van der Waals surface area contributed by atoms with Crippen LogP contribution in [0.2, 0.25) is 0 Å². The zero-order chi connectivity index (χ0) is 11.6. The van der Waals surface area contributed by atoms with E-state index in [1.165, 1.54) is 6.92 Å². The summed E-state index contributed by atoms with van der Waals surface area (Å²) in [6, 6.07) is 6.83. The molecule has 82 valence electrons. The van der Waals surface area contributed by atoms with Gasteiger partial charge in [-0.15, -0.1) is 0 Å². The highest BCUT2D eigenvalue weighted by atomic mass is 31.0. The molecule has 0 aliphatic rings. The van der Waals surface area contributed by atoms with Gasteiger partial charge in [-0.05, 0) is 12.5 Å². The second kappa shape index (κ2) is 4.38. The number of hydrogen-bond acceptors (Lipinski definition) is 2. The second-order valence-electron chi connectivity index (χ2n) is 3.73. The number of rotatable bonds is 3. The highest BCUT2D eigenvalue weighted by Crippen LogP contribution is 2.32. The van der Waals surface area contributed by atoms with Crippen LogP contribution in [-0.2, 0) is 0 Å². The van der Waals surface area contributed by atoms with Crippen molar-refractivity contribution in [1.29, 1.82) is 0 Å². The Hall–Kier alpha value is -0.790. The van der Waals surface area contributed by atoms with Crippen molar-refractivity contribution in [3.8, 4) is 0 Å². The smallest absolute Gasteiger partial charge is 0.178 e. The molecule has 0 saturated heterocycles. The number of benzene rings is 1. The first-order chi connectivity index (χ1) is 6.82. The molecule has 0 spiro atoms. The Kier molecular flexibility index (Phi) is 3.58. The van der Waals surface area contributed by atoms with Gasteiger partial charge in [0, 0.05) is 11.5 Å². The minimum Gasteiger partial charge on any atom is -0.296 e. The summed E-state index contributed by atoms with van der Waals surface area (Å²) in [5.74, 6) is -0.428. The molecule has 0 saturated carbocycles. The number of carbonyl (C=O) groups excluding carboxylic acids is 1. The third-order valence-corrected chi connectivity index (χ3v) is 2.98. The molecule has 2 nitrogen and oxygen atoms in total. The van der Waals surface area contributed by atoms with Crippen LogP contribution in [0.4, 0.5) is 4.39 Å². The molecule has 1 aromatic carbocycles. The number of halogens is 1. The van der Waals surface area contributed by atoms with Crippen molar-refractivity contribution in [2.75, 3.05) is 0 Å². The first-order valence-electron chi connectivity index (χ1n) is 4.70. The van der Waals surface area contributed by atoms with Gasteiger partial charge in [0.05, 0.1) is 0 Å². The molecule has 3 atom stereocenters. The van der Waals surface area contributed by atoms with Crippen molar-refractivity contribution in [2.45, 2.75) is 25.3 Å². The summed E-state index contributed by atoms with van der Waals surface area (Å²) < 4.78 is 13.4. The van der Waals surface area contributed by atoms with E-state index in [1.54, 1.807) is 31.2 Å². The van der Waals surface area contributed by atoms with Crippen LogP contribution in [0.5, 0.6) is 0 Å². The van der Waals surface area contributed by atoms with Crippen molar-refractivity contribution >= 4 is 15.0 Å². The molecule has 0 fully saturated rings. The lowest BCUT2D eigenvalue weighted by Crippen LogP contribution is -2.32. The lowest BCUT2D eigenvalue weighted by Gasteiger charge is -2.23. The third kappa shape index (κ3) is 3.08. The fourth-order valence-electron chi connectivity index (χ4n) is 1.26. The average Bonchev–Trinajstić information content (AvgIpc) is 2.15. The predicted octanol–water partition coefficient (Wildman–Crippen LogP) is 2.45. The quantitative estimate of drug-likeness (QED) is 0.489. The molecule has 0 aliphatic heterocycles. The topological polar surface area (TPSA) is 43.1 Å². The zero-order valence-electron chi connectivity index (χ0n) is 8.83. The van der Waals surface area contributed by atoms with Gasteiger partial charge in [-0.25, -0.2) is 4.39 Å². The van der Waals surface area contributed by atoms with Crippen LogP contribution in [0.25, 0.3) is 0 Å². The Morgan fingerprint density at radius 1 is 1.47 bits per heavy atom. The van der Waals surface area contributed by atoms with Gasteiger partial charge < -0.3 is 0 Å². The standard InChI is InChI=1S/C11H15FNOP/c1-7(11(12,13)15)9-3-5-10(6-4-9)8(2)14/h3-7H,13,15H2,1-2H3. The summed E-state index contributed by atoms with van der Waals surface area (Å²) in [4.78, 5) is 11.0. The second-order valence-corrected chi connectivity index (χ2v) is 4.61. The molecular formula is C11H15FNOP. The van der Waals surface area contributed by atoms with Crippen LogP contribution >= 0.6 is 9.24 Å². The lowest BCUT2D eigenvalue weighted by molar-refractivity contribution is 0.101. The Bertz CT molecular complexity index is 356. The van der Waals surface area contributed by atoms with Gasteiger partial charge in [0.1, 0.15) is 0 Å². The van der Waals surface area contributed by atoms with Crippen LogP contribution in [0.1, 0.15) is 35.7 Å². The fourth-order valence-corrected chi connectivity index (χ4v) is 1.45. The van der Waals surface area contributed by atoms with E-state index in [0.717, 1.165) is 5.56 Å².